The molecule has 0 aromatic carbocycles. The van der Waals surface area contributed by atoms with Gasteiger partial charge in [-0.1, -0.05) is 0 Å². The van der Waals surface area contributed by atoms with E-state index in [1.54, 1.807) is 0 Å². The standard InChI is InChI=1S/C11H22N2O3/c1-2-15-6-3-4-13-11(14)8-10-9-12-5-7-16-10/h10,12H,2-9H2,1H3,(H,13,14). The molecule has 1 saturated heterocycles. The number of carbonyl (C=O) groups excluding carboxylic acids is 1. The number of carbonyl (C=O) groups is 1. The summed E-state index contributed by atoms with van der Waals surface area (Å²) in [4.78, 5) is 11.5. The van der Waals surface area contributed by atoms with Gasteiger partial charge in [0.25, 0.3) is 0 Å². The van der Waals surface area contributed by atoms with Crippen LogP contribution in [0, 0.1) is 0 Å². The zero-order valence-electron chi connectivity index (χ0n) is 9.96. The molecule has 1 heterocycles. The van der Waals surface area contributed by atoms with Crippen molar-refractivity contribution in [1.82, 2.24) is 10.6 Å². The van der Waals surface area contributed by atoms with E-state index in [-0.39, 0.29) is 12.0 Å². The van der Waals surface area contributed by atoms with Crippen LogP contribution >= 0.6 is 0 Å². The van der Waals surface area contributed by atoms with E-state index >= 15 is 0 Å². The molecule has 0 aliphatic carbocycles. The lowest BCUT2D eigenvalue weighted by Gasteiger charge is -2.23. The van der Waals surface area contributed by atoms with E-state index in [0.29, 0.717) is 26.2 Å². The lowest BCUT2D eigenvalue weighted by Crippen LogP contribution is -2.41. The Morgan fingerprint density at radius 1 is 1.62 bits per heavy atom. The monoisotopic (exact) mass is 230 g/mol. The van der Waals surface area contributed by atoms with Gasteiger partial charge in [-0.05, 0) is 13.3 Å². The average molecular weight is 230 g/mol. The van der Waals surface area contributed by atoms with E-state index in [1.807, 2.05) is 6.92 Å². The molecule has 0 aromatic rings. The number of hydrogen-bond donors (Lipinski definition) is 2. The quantitative estimate of drug-likeness (QED) is 0.600. The van der Waals surface area contributed by atoms with Crippen molar-refractivity contribution < 1.29 is 14.3 Å². The van der Waals surface area contributed by atoms with Gasteiger partial charge in [0, 0.05) is 32.8 Å². The van der Waals surface area contributed by atoms with Gasteiger partial charge in [0.1, 0.15) is 0 Å². The van der Waals surface area contributed by atoms with Crippen LogP contribution in [0.1, 0.15) is 19.8 Å². The SMILES string of the molecule is CCOCCCNC(=O)CC1CNCCO1. The Labute approximate surface area is 96.9 Å². The van der Waals surface area contributed by atoms with Gasteiger partial charge in [0.2, 0.25) is 5.91 Å². The fourth-order valence-electron chi connectivity index (χ4n) is 1.58. The van der Waals surface area contributed by atoms with Crippen LogP contribution in [0.5, 0.6) is 0 Å². The minimum absolute atomic E-state index is 0.0284. The number of hydrogen-bond acceptors (Lipinski definition) is 4. The Hall–Kier alpha value is -0.650. The Kier molecular flexibility index (Phi) is 7.12. The molecule has 0 bridgehead atoms. The predicted octanol–water partition coefficient (Wildman–Crippen LogP) is -0.0923. The number of nitrogens with one attached hydrogen (secondary N) is 2. The van der Waals surface area contributed by atoms with E-state index < -0.39 is 0 Å². The normalized spacial score (nSPS) is 20.7. The first-order valence-corrected chi connectivity index (χ1v) is 5.99. The second kappa shape index (κ2) is 8.50. The molecule has 1 aliphatic heterocycles. The van der Waals surface area contributed by atoms with Crippen LogP contribution in [0.25, 0.3) is 0 Å². The van der Waals surface area contributed by atoms with Crippen LogP contribution in [-0.2, 0) is 14.3 Å². The number of morpholine rings is 1. The maximum absolute atomic E-state index is 11.5. The molecule has 2 N–H and O–H groups in total. The summed E-state index contributed by atoms with van der Waals surface area (Å²) < 4.78 is 10.6. The van der Waals surface area contributed by atoms with Gasteiger partial charge in [0.05, 0.1) is 19.1 Å². The van der Waals surface area contributed by atoms with Crippen molar-refractivity contribution in [3.8, 4) is 0 Å². The molecule has 0 radical (unpaired) electrons. The molecule has 5 nitrogen and oxygen atoms in total. The lowest BCUT2D eigenvalue weighted by molar-refractivity contribution is -0.124. The van der Waals surface area contributed by atoms with Crippen molar-refractivity contribution in [3.05, 3.63) is 0 Å². The molecule has 0 aromatic heterocycles. The summed E-state index contributed by atoms with van der Waals surface area (Å²) >= 11 is 0. The molecule has 1 aliphatic rings. The first kappa shape index (κ1) is 13.4. The van der Waals surface area contributed by atoms with Crippen LogP contribution < -0.4 is 10.6 Å². The first-order valence-electron chi connectivity index (χ1n) is 5.99. The molecule has 16 heavy (non-hydrogen) atoms. The second-order valence-electron chi connectivity index (χ2n) is 3.80. The molecule has 1 rings (SSSR count). The van der Waals surface area contributed by atoms with Crippen LogP contribution in [0.15, 0.2) is 0 Å². The fourth-order valence-corrected chi connectivity index (χ4v) is 1.58. The van der Waals surface area contributed by atoms with Gasteiger partial charge in [-0.2, -0.15) is 0 Å². The number of rotatable bonds is 7. The molecular formula is C11H22N2O3. The third-order valence-corrected chi connectivity index (χ3v) is 2.41. The lowest BCUT2D eigenvalue weighted by atomic mass is 10.2. The highest BCUT2D eigenvalue weighted by molar-refractivity contribution is 5.76. The van der Waals surface area contributed by atoms with Crippen molar-refractivity contribution in [2.24, 2.45) is 0 Å². The molecule has 1 fully saturated rings. The summed E-state index contributed by atoms with van der Waals surface area (Å²) in [6.45, 7) is 6.43. The third-order valence-electron chi connectivity index (χ3n) is 2.41. The number of amides is 1. The minimum atomic E-state index is 0.0284. The van der Waals surface area contributed by atoms with Gasteiger partial charge >= 0.3 is 0 Å². The van der Waals surface area contributed by atoms with Crippen molar-refractivity contribution >= 4 is 5.91 Å². The molecule has 1 amide bonds. The van der Waals surface area contributed by atoms with E-state index in [2.05, 4.69) is 10.6 Å². The molecule has 94 valence electrons. The van der Waals surface area contributed by atoms with Gasteiger partial charge in [-0.25, -0.2) is 0 Å². The smallest absolute Gasteiger partial charge is 0.222 e. The molecule has 5 heteroatoms. The van der Waals surface area contributed by atoms with Crippen molar-refractivity contribution in [1.29, 1.82) is 0 Å². The molecule has 1 atom stereocenters. The summed E-state index contributed by atoms with van der Waals surface area (Å²) in [6.07, 6.45) is 1.34. The second-order valence-corrected chi connectivity index (χ2v) is 3.80. The van der Waals surface area contributed by atoms with Crippen LogP contribution in [0.4, 0.5) is 0 Å². The predicted molar refractivity (Wildman–Crippen MR) is 61.3 cm³/mol. The molecule has 0 spiro atoms. The van der Waals surface area contributed by atoms with Gasteiger partial charge in [0.15, 0.2) is 0 Å². The summed E-state index contributed by atoms with van der Waals surface area (Å²) in [5.41, 5.74) is 0. The van der Waals surface area contributed by atoms with E-state index in [4.69, 9.17) is 9.47 Å². The largest absolute Gasteiger partial charge is 0.382 e. The Balaban J connectivity index is 1.97. The third kappa shape index (κ3) is 6.05. The van der Waals surface area contributed by atoms with E-state index in [9.17, 15) is 4.79 Å². The summed E-state index contributed by atoms with van der Waals surface area (Å²) in [5.74, 6) is 0.0604. The van der Waals surface area contributed by atoms with Gasteiger partial charge < -0.3 is 20.1 Å². The van der Waals surface area contributed by atoms with Crippen LogP contribution in [0.3, 0.4) is 0 Å². The average Bonchev–Trinajstić information content (AvgIpc) is 2.30. The first-order chi connectivity index (χ1) is 7.83. The fraction of sp³-hybridized carbons (Fsp3) is 0.909. The summed E-state index contributed by atoms with van der Waals surface area (Å²) in [6, 6.07) is 0. The summed E-state index contributed by atoms with van der Waals surface area (Å²) in [7, 11) is 0. The molecule has 0 saturated carbocycles. The maximum Gasteiger partial charge on any atom is 0.222 e. The topological polar surface area (TPSA) is 59.6 Å². The molecule has 1 unspecified atom stereocenters. The highest BCUT2D eigenvalue weighted by atomic mass is 16.5. The number of ether oxygens (including phenoxy) is 2. The highest BCUT2D eigenvalue weighted by Gasteiger charge is 2.16. The zero-order chi connectivity index (χ0) is 11.6. The highest BCUT2D eigenvalue weighted by Crippen LogP contribution is 2.00. The van der Waals surface area contributed by atoms with Crippen LogP contribution in [0.2, 0.25) is 0 Å². The Morgan fingerprint density at radius 3 is 3.19 bits per heavy atom. The summed E-state index contributed by atoms with van der Waals surface area (Å²) in [5, 5.41) is 6.06. The Morgan fingerprint density at radius 2 is 2.50 bits per heavy atom. The maximum atomic E-state index is 11.5. The Bertz CT molecular complexity index is 194. The van der Waals surface area contributed by atoms with Crippen molar-refractivity contribution in [3.63, 3.8) is 0 Å². The zero-order valence-corrected chi connectivity index (χ0v) is 9.96. The van der Waals surface area contributed by atoms with E-state index in [0.717, 1.165) is 26.1 Å². The minimum Gasteiger partial charge on any atom is -0.382 e. The van der Waals surface area contributed by atoms with Crippen molar-refractivity contribution in [2.75, 3.05) is 39.5 Å². The van der Waals surface area contributed by atoms with E-state index in [1.165, 1.54) is 0 Å². The van der Waals surface area contributed by atoms with Gasteiger partial charge in [-0.15, -0.1) is 0 Å². The molecular weight excluding hydrogens is 208 g/mol. The van der Waals surface area contributed by atoms with Crippen LogP contribution in [-0.4, -0.2) is 51.5 Å². The van der Waals surface area contributed by atoms with Crippen molar-refractivity contribution in [2.45, 2.75) is 25.9 Å². The van der Waals surface area contributed by atoms with Gasteiger partial charge in [-0.3, -0.25) is 4.79 Å².